The Morgan fingerprint density at radius 2 is 2.19 bits per heavy atom. The predicted octanol–water partition coefficient (Wildman–Crippen LogP) is 3.03. The summed E-state index contributed by atoms with van der Waals surface area (Å²) in [6, 6.07) is 8.88. The van der Waals surface area contributed by atoms with Gasteiger partial charge in [-0.15, -0.1) is 0 Å². The zero-order valence-corrected chi connectivity index (χ0v) is 13.3. The standard InChI is InChI=1S/C19H26N2/c1-3-14-10-11-19(2)18-16(8-6-12-21(19)13-14)15-7-4-5-9-17(15)20-18/h4-5,7,9,14,20H,3,6,8,10-13H2,1-2H3/p+1/t14-,19-/m1/s1. The number of piperidine rings is 1. The van der Waals surface area contributed by atoms with Crippen LogP contribution in [0.1, 0.15) is 50.8 Å². The van der Waals surface area contributed by atoms with Crippen molar-refractivity contribution in [3.05, 3.63) is 35.5 Å². The molecule has 1 aromatic heterocycles. The highest BCUT2D eigenvalue weighted by Crippen LogP contribution is 2.36. The molecular formula is C19H27N2+. The van der Waals surface area contributed by atoms with Gasteiger partial charge in [0.15, 0.2) is 0 Å². The van der Waals surface area contributed by atoms with Crippen molar-refractivity contribution in [2.24, 2.45) is 5.92 Å². The molecule has 3 atom stereocenters. The number of aromatic amines is 1. The lowest BCUT2D eigenvalue weighted by molar-refractivity contribution is -0.968. The van der Waals surface area contributed by atoms with Crippen molar-refractivity contribution in [1.82, 2.24) is 4.98 Å². The first-order valence-corrected chi connectivity index (χ1v) is 8.67. The first-order chi connectivity index (χ1) is 10.2. The van der Waals surface area contributed by atoms with Gasteiger partial charge >= 0.3 is 0 Å². The molecule has 2 aliphatic rings. The van der Waals surface area contributed by atoms with Crippen molar-refractivity contribution in [3.63, 3.8) is 0 Å². The highest BCUT2D eigenvalue weighted by atomic mass is 15.2. The number of rotatable bonds is 1. The van der Waals surface area contributed by atoms with E-state index in [1.165, 1.54) is 56.1 Å². The largest absolute Gasteiger partial charge is 0.353 e. The summed E-state index contributed by atoms with van der Waals surface area (Å²) >= 11 is 0. The molecule has 1 unspecified atom stereocenters. The Labute approximate surface area is 127 Å². The third kappa shape index (κ3) is 1.96. The number of benzene rings is 1. The van der Waals surface area contributed by atoms with Gasteiger partial charge in [0.1, 0.15) is 5.54 Å². The average molecular weight is 283 g/mol. The second kappa shape index (κ2) is 4.88. The molecule has 1 saturated heterocycles. The minimum absolute atomic E-state index is 0.302. The highest BCUT2D eigenvalue weighted by molar-refractivity contribution is 5.85. The van der Waals surface area contributed by atoms with Crippen LogP contribution in [0.5, 0.6) is 0 Å². The summed E-state index contributed by atoms with van der Waals surface area (Å²) in [6.07, 6.45) is 6.65. The maximum absolute atomic E-state index is 3.81. The molecule has 0 bridgehead atoms. The lowest BCUT2D eigenvalue weighted by Crippen LogP contribution is -3.19. The maximum Gasteiger partial charge on any atom is 0.136 e. The Morgan fingerprint density at radius 1 is 1.33 bits per heavy atom. The first kappa shape index (κ1) is 13.4. The smallest absolute Gasteiger partial charge is 0.136 e. The molecule has 2 nitrogen and oxygen atoms in total. The van der Waals surface area contributed by atoms with E-state index in [1.54, 1.807) is 11.3 Å². The molecule has 0 aliphatic carbocycles. The molecule has 2 heteroatoms. The fourth-order valence-electron chi connectivity index (χ4n) is 4.78. The van der Waals surface area contributed by atoms with Gasteiger partial charge in [-0.25, -0.2) is 0 Å². The van der Waals surface area contributed by atoms with Gasteiger partial charge in [-0.2, -0.15) is 0 Å². The molecule has 21 heavy (non-hydrogen) atoms. The third-order valence-electron chi connectivity index (χ3n) is 6.22. The van der Waals surface area contributed by atoms with Crippen molar-refractivity contribution in [3.8, 4) is 0 Å². The first-order valence-electron chi connectivity index (χ1n) is 8.67. The van der Waals surface area contributed by atoms with Gasteiger partial charge in [0.25, 0.3) is 0 Å². The molecule has 2 aliphatic heterocycles. The van der Waals surface area contributed by atoms with Crippen LogP contribution in [0.15, 0.2) is 24.3 Å². The van der Waals surface area contributed by atoms with Crippen LogP contribution in [0.2, 0.25) is 0 Å². The molecule has 3 heterocycles. The van der Waals surface area contributed by atoms with Crippen LogP contribution in [0.25, 0.3) is 10.9 Å². The number of fused-ring (bicyclic) bond motifs is 5. The Hall–Kier alpha value is -1.28. The number of quaternary nitrogens is 1. The number of hydrogen-bond acceptors (Lipinski definition) is 0. The number of aryl methyl sites for hydroxylation is 1. The summed E-state index contributed by atoms with van der Waals surface area (Å²) < 4.78 is 0. The van der Waals surface area contributed by atoms with Gasteiger partial charge < -0.3 is 9.88 Å². The third-order valence-corrected chi connectivity index (χ3v) is 6.22. The highest BCUT2D eigenvalue weighted by Gasteiger charge is 2.46. The zero-order valence-electron chi connectivity index (χ0n) is 13.3. The molecule has 112 valence electrons. The fourth-order valence-corrected chi connectivity index (χ4v) is 4.78. The van der Waals surface area contributed by atoms with E-state index in [0.29, 0.717) is 5.54 Å². The van der Waals surface area contributed by atoms with E-state index in [9.17, 15) is 0 Å². The van der Waals surface area contributed by atoms with Gasteiger partial charge in [0.05, 0.1) is 18.8 Å². The summed E-state index contributed by atoms with van der Waals surface area (Å²) in [5.41, 5.74) is 4.79. The molecule has 1 aromatic carbocycles. The fraction of sp³-hybridized carbons (Fsp3) is 0.579. The molecule has 0 spiro atoms. The Bertz CT molecular complexity index is 657. The molecular weight excluding hydrogens is 256 g/mol. The van der Waals surface area contributed by atoms with Crippen LogP contribution in [0.3, 0.4) is 0 Å². The summed E-state index contributed by atoms with van der Waals surface area (Å²) in [6.45, 7) is 7.57. The van der Waals surface area contributed by atoms with Crippen molar-refractivity contribution in [2.45, 2.75) is 51.5 Å². The molecule has 1 fully saturated rings. The van der Waals surface area contributed by atoms with Crippen molar-refractivity contribution >= 4 is 10.9 Å². The average Bonchev–Trinajstić information content (AvgIpc) is 2.82. The summed E-state index contributed by atoms with van der Waals surface area (Å²) in [4.78, 5) is 5.63. The summed E-state index contributed by atoms with van der Waals surface area (Å²) in [5.74, 6) is 0.930. The lowest BCUT2D eigenvalue weighted by atomic mass is 9.79. The van der Waals surface area contributed by atoms with Crippen molar-refractivity contribution in [2.75, 3.05) is 13.1 Å². The molecule has 0 radical (unpaired) electrons. The van der Waals surface area contributed by atoms with E-state index in [4.69, 9.17) is 0 Å². The Kier molecular flexibility index (Phi) is 3.11. The van der Waals surface area contributed by atoms with Crippen LogP contribution < -0.4 is 4.90 Å². The van der Waals surface area contributed by atoms with Gasteiger partial charge in [-0.05, 0) is 37.8 Å². The molecule has 2 aromatic rings. The monoisotopic (exact) mass is 283 g/mol. The van der Waals surface area contributed by atoms with E-state index in [0.717, 1.165) is 5.92 Å². The van der Waals surface area contributed by atoms with E-state index >= 15 is 0 Å². The van der Waals surface area contributed by atoms with E-state index in [-0.39, 0.29) is 0 Å². The van der Waals surface area contributed by atoms with Gasteiger partial charge in [0, 0.05) is 29.7 Å². The van der Waals surface area contributed by atoms with Crippen LogP contribution in [-0.2, 0) is 12.0 Å². The predicted molar refractivity (Wildman–Crippen MR) is 87.7 cm³/mol. The van der Waals surface area contributed by atoms with Crippen LogP contribution in [0, 0.1) is 5.92 Å². The van der Waals surface area contributed by atoms with Crippen LogP contribution in [-0.4, -0.2) is 18.1 Å². The number of hydrogen-bond donors (Lipinski definition) is 2. The minimum atomic E-state index is 0.302. The Morgan fingerprint density at radius 3 is 3.05 bits per heavy atom. The topological polar surface area (TPSA) is 20.2 Å². The molecule has 4 rings (SSSR count). The SMILES string of the molecule is CC[C@@H]1CC[C@]2(C)c3[nH]c4ccccc4c3CCC[NH+]2C1. The maximum atomic E-state index is 3.81. The summed E-state index contributed by atoms with van der Waals surface area (Å²) in [7, 11) is 0. The number of aromatic nitrogens is 1. The second-order valence-corrected chi connectivity index (χ2v) is 7.33. The number of para-hydroxylation sites is 1. The van der Waals surface area contributed by atoms with Crippen LogP contribution >= 0.6 is 0 Å². The van der Waals surface area contributed by atoms with E-state index < -0.39 is 0 Å². The quantitative estimate of drug-likeness (QED) is 0.802. The van der Waals surface area contributed by atoms with E-state index in [2.05, 4.69) is 43.1 Å². The van der Waals surface area contributed by atoms with E-state index in [1.807, 2.05) is 4.90 Å². The Balaban J connectivity index is 1.84. The molecule has 0 saturated carbocycles. The van der Waals surface area contributed by atoms with Crippen molar-refractivity contribution < 1.29 is 4.90 Å². The minimum Gasteiger partial charge on any atom is -0.353 e. The second-order valence-electron chi connectivity index (χ2n) is 7.33. The normalized spacial score (nSPS) is 32.5. The molecule has 2 N–H and O–H groups in total. The number of nitrogens with one attached hydrogen (secondary N) is 2. The lowest BCUT2D eigenvalue weighted by Gasteiger charge is -2.43. The van der Waals surface area contributed by atoms with Crippen molar-refractivity contribution in [1.29, 1.82) is 0 Å². The van der Waals surface area contributed by atoms with Gasteiger partial charge in [0.2, 0.25) is 0 Å². The van der Waals surface area contributed by atoms with Crippen LogP contribution in [0.4, 0.5) is 0 Å². The summed E-state index contributed by atoms with van der Waals surface area (Å²) in [5, 5.41) is 1.47. The molecule has 0 amide bonds. The van der Waals surface area contributed by atoms with Gasteiger partial charge in [-0.1, -0.05) is 25.1 Å². The van der Waals surface area contributed by atoms with Gasteiger partial charge in [-0.3, -0.25) is 0 Å². The number of H-pyrrole nitrogens is 1. The zero-order chi connectivity index (χ0) is 14.4.